The van der Waals surface area contributed by atoms with Gasteiger partial charge in [0.1, 0.15) is 5.75 Å². The van der Waals surface area contributed by atoms with E-state index < -0.39 is 0 Å². The van der Waals surface area contributed by atoms with E-state index in [0.29, 0.717) is 13.1 Å². The number of hydrogen-bond acceptors (Lipinski definition) is 4. The highest BCUT2D eigenvalue weighted by molar-refractivity contribution is 5.73. The Balaban J connectivity index is 1.75. The fraction of sp³-hybridized carbons (Fsp3) is 0.588. The van der Waals surface area contributed by atoms with Crippen LogP contribution in [0, 0.1) is 0 Å². The van der Waals surface area contributed by atoms with Crippen molar-refractivity contribution in [1.82, 2.24) is 15.5 Å². The second-order valence-electron chi connectivity index (χ2n) is 6.30. The number of rotatable bonds is 6. The molecule has 1 aliphatic rings. The number of hydrogen-bond donors (Lipinski definition) is 2. The maximum Gasteiger partial charge on any atom is 0.315 e. The second kappa shape index (κ2) is 8.17. The van der Waals surface area contributed by atoms with E-state index in [4.69, 9.17) is 9.47 Å². The molecule has 1 aromatic carbocycles. The highest BCUT2D eigenvalue weighted by Gasteiger charge is 2.28. The molecule has 2 amide bonds. The van der Waals surface area contributed by atoms with Crippen molar-refractivity contribution in [1.29, 1.82) is 0 Å². The molecule has 0 spiro atoms. The summed E-state index contributed by atoms with van der Waals surface area (Å²) in [5.74, 6) is 0.790. The quantitative estimate of drug-likeness (QED) is 0.835. The lowest BCUT2D eigenvalue weighted by Crippen LogP contribution is -2.56. The number of nitrogens with one attached hydrogen (secondary N) is 2. The maximum absolute atomic E-state index is 12.0. The standard InChI is InChI=1S/C17H27N3O3/c1-17(2,20-7-9-23-10-8-20)13-19-16(21)18-12-14-5-4-6-15(11-14)22-3/h4-6,11H,7-10,12-13H2,1-3H3,(H2,18,19,21). The SMILES string of the molecule is COc1cccc(CNC(=O)NCC(C)(C)N2CCOCC2)c1. The van der Waals surface area contributed by atoms with Crippen molar-refractivity contribution in [2.45, 2.75) is 25.9 Å². The number of urea groups is 1. The molecule has 2 N–H and O–H groups in total. The summed E-state index contributed by atoms with van der Waals surface area (Å²) in [4.78, 5) is 14.3. The smallest absolute Gasteiger partial charge is 0.315 e. The number of benzene rings is 1. The number of ether oxygens (including phenoxy) is 2. The van der Waals surface area contributed by atoms with E-state index in [1.165, 1.54) is 0 Å². The Kier molecular flexibility index (Phi) is 6.24. The number of carbonyl (C=O) groups is 1. The van der Waals surface area contributed by atoms with Crippen molar-refractivity contribution >= 4 is 6.03 Å². The monoisotopic (exact) mass is 321 g/mol. The van der Waals surface area contributed by atoms with Crippen LogP contribution < -0.4 is 15.4 Å². The predicted octanol–water partition coefficient (Wildman–Crippen LogP) is 1.61. The van der Waals surface area contributed by atoms with Gasteiger partial charge in [0.25, 0.3) is 0 Å². The van der Waals surface area contributed by atoms with Crippen LogP contribution in [0.2, 0.25) is 0 Å². The molecule has 23 heavy (non-hydrogen) atoms. The summed E-state index contributed by atoms with van der Waals surface area (Å²) in [5.41, 5.74) is 0.920. The molecule has 0 aliphatic carbocycles. The third-order valence-corrected chi connectivity index (χ3v) is 4.14. The van der Waals surface area contributed by atoms with E-state index in [-0.39, 0.29) is 11.6 Å². The molecule has 0 aromatic heterocycles. The Hall–Kier alpha value is -1.79. The minimum atomic E-state index is -0.158. The molecule has 1 aliphatic heterocycles. The molecule has 1 saturated heterocycles. The van der Waals surface area contributed by atoms with E-state index in [1.54, 1.807) is 7.11 Å². The summed E-state index contributed by atoms with van der Waals surface area (Å²) < 4.78 is 10.6. The summed E-state index contributed by atoms with van der Waals surface area (Å²) in [7, 11) is 1.63. The first-order valence-electron chi connectivity index (χ1n) is 7.99. The molecule has 2 rings (SSSR count). The fourth-order valence-electron chi connectivity index (χ4n) is 2.60. The lowest BCUT2D eigenvalue weighted by atomic mass is 10.0. The van der Waals surface area contributed by atoms with Crippen LogP contribution in [0.25, 0.3) is 0 Å². The Morgan fingerprint density at radius 1 is 1.30 bits per heavy atom. The Bertz CT molecular complexity index is 514. The van der Waals surface area contributed by atoms with Crippen LogP contribution in [0.4, 0.5) is 4.79 Å². The minimum Gasteiger partial charge on any atom is -0.497 e. The van der Waals surface area contributed by atoms with Crippen molar-refractivity contribution in [2.75, 3.05) is 40.0 Å². The first kappa shape index (κ1) is 17.6. The van der Waals surface area contributed by atoms with Crippen LogP contribution in [-0.2, 0) is 11.3 Å². The van der Waals surface area contributed by atoms with E-state index in [1.807, 2.05) is 24.3 Å². The van der Waals surface area contributed by atoms with Gasteiger partial charge in [0, 0.05) is 31.7 Å². The van der Waals surface area contributed by atoms with Gasteiger partial charge in [-0.05, 0) is 31.5 Å². The number of nitrogens with zero attached hydrogens (tertiary/aromatic N) is 1. The molecular weight excluding hydrogens is 294 g/mol. The van der Waals surface area contributed by atoms with Gasteiger partial charge < -0.3 is 20.1 Å². The highest BCUT2D eigenvalue weighted by Crippen LogP contribution is 2.15. The average molecular weight is 321 g/mol. The molecule has 6 nitrogen and oxygen atoms in total. The van der Waals surface area contributed by atoms with Crippen molar-refractivity contribution in [3.63, 3.8) is 0 Å². The first-order valence-corrected chi connectivity index (χ1v) is 7.99. The van der Waals surface area contributed by atoms with Gasteiger partial charge in [0.15, 0.2) is 0 Å². The van der Waals surface area contributed by atoms with Gasteiger partial charge in [0.05, 0.1) is 20.3 Å². The van der Waals surface area contributed by atoms with E-state index >= 15 is 0 Å². The number of methoxy groups -OCH3 is 1. The molecule has 1 heterocycles. The molecule has 1 aromatic rings. The van der Waals surface area contributed by atoms with Gasteiger partial charge in [-0.1, -0.05) is 12.1 Å². The van der Waals surface area contributed by atoms with Crippen molar-refractivity contribution in [3.8, 4) is 5.75 Å². The second-order valence-corrected chi connectivity index (χ2v) is 6.30. The van der Waals surface area contributed by atoms with Crippen LogP contribution in [0.3, 0.4) is 0 Å². The molecule has 128 valence electrons. The molecule has 0 saturated carbocycles. The van der Waals surface area contributed by atoms with Crippen LogP contribution in [0.1, 0.15) is 19.4 Å². The molecule has 0 radical (unpaired) electrons. The minimum absolute atomic E-state index is 0.0862. The largest absolute Gasteiger partial charge is 0.497 e. The zero-order chi connectivity index (χ0) is 16.7. The van der Waals surface area contributed by atoms with Gasteiger partial charge in [-0.2, -0.15) is 0 Å². The lowest BCUT2D eigenvalue weighted by molar-refractivity contribution is -0.00874. The third-order valence-electron chi connectivity index (χ3n) is 4.14. The molecule has 0 bridgehead atoms. The van der Waals surface area contributed by atoms with Crippen LogP contribution in [0.15, 0.2) is 24.3 Å². The topological polar surface area (TPSA) is 62.8 Å². The molecular formula is C17H27N3O3. The predicted molar refractivity (Wildman–Crippen MR) is 89.7 cm³/mol. The summed E-state index contributed by atoms with van der Waals surface area (Å²) in [6, 6.07) is 7.51. The number of morpholine rings is 1. The van der Waals surface area contributed by atoms with Gasteiger partial charge in [-0.15, -0.1) is 0 Å². The van der Waals surface area contributed by atoms with E-state index in [9.17, 15) is 4.79 Å². The normalized spacial score (nSPS) is 16.0. The highest BCUT2D eigenvalue weighted by atomic mass is 16.5. The zero-order valence-electron chi connectivity index (χ0n) is 14.2. The lowest BCUT2D eigenvalue weighted by Gasteiger charge is -2.40. The summed E-state index contributed by atoms with van der Waals surface area (Å²) in [5, 5.41) is 5.83. The molecule has 0 unspecified atom stereocenters. The maximum atomic E-state index is 12.0. The van der Waals surface area contributed by atoms with Crippen LogP contribution in [0.5, 0.6) is 5.75 Å². The van der Waals surface area contributed by atoms with Gasteiger partial charge >= 0.3 is 6.03 Å². The van der Waals surface area contributed by atoms with Gasteiger partial charge in [-0.3, -0.25) is 4.90 Å². The van der Waals surface area contributed by atoms with Crippen molar-refractivity contribution in [3.05, 3.63) is 29.8 Å². The van der Waals surface area contributed by atoms with E-state index in [0.717, 1.165) is 37.6 Å². The van der Waals surface area contributed by atoms with Gasteiger partial charge in [0.2, 0.25) is 0 Å². The van der Waals surface area contributed by atoms with Crippen molar-refractivity contribution in [2.24, 2.45) is 0 Å². The van der Waals surface area contributed by atoms with Crippen LogP contribution >= 0.6 is 0 Å². The summed E-state index contributed by atoms with van der Waals surface area (Å²) in [6.07, 6.45) is 0. The van der Waals surface area contributed by atoms with Crippen molar-refractivity contribution < 1.29 is 14.3 Å². The first-order chi connectivity index (χ1) is 11.0. The van der Waals surface area contributed by atoms with Gasteiger partial charge in [-0.25, -0.2) is 4.79 Å². The molecule has 0 atom stereocenters. The number of carbonyl (C=O) groups excluding carboxylic acids is 1. The van der Waals surface area contributed by atoms with E-state index in [2.05, 4.69) is 29.4 Å². The molecule has 6 heteroatoms. The summed E-state index contributed by atoms with van der Waals surface area (Å²) in [6.45, 7) is 8.66. The third kappa shape index (κ3) is 5.41. The Morgan fingerprint density at radius 3 is 2.74 bits per heavy atom. The summed E-state index contributed by atoms with van der Waals surface area (Å²) >= 11 is 0. The zero-order valence-corrected chi connectivity index (χ0v) is 14.2. The van der Waals surface area contributed by atoms with Crippen LogP contribution in [-0.4, -0.2) is 56.4 Å². The Morgan fingerprint density at radius 2 is 2.04 bits per heavy atom. The Labute approximate surface area is 138 Å². The number of amides is 2. The fourth-order valence-corrected chi connectivity index (χ4v) is 2.60. The molecule has 1 fully saturated rings. The average Bonchev–Trinajstić information content (AvgIpc) is 2.59.